The molecule has 1 atom stereocenters. The fourth-order valence-electron chi connectivity index (χ4n) is 3.70. The first-order chi connectivity index (χ1) is 14.9. The van der Waals surface area contributed by atoms with E-state index in [1.54, 1.807) is 0 Å². The number of alkyl halides is 3. The van der Waals surface area contributed by atoms with Crippen molar-refractivity contribution in [2.75, 3.05) is 39.4 Å². The number of piperidine rings is 1. The van der Waals surface area contributed by atoms with E-state index in [2.05, 4.69) is 4.74 Å². The van der Waals surface area contributed by atoms with E-state index in [1.165, 1.54) is 23.4 Å². The Bertz CT molecular complexity index is 948. The Morgan fingerprint density at radius 2 is 1.94 bits per heavy atom. The normalized spacial score (nSPS) is 20.9. The van der Waals surface area contributed by atoms with Gasteiger partial charge in [-0.1, -0.05) is 6.07 Å². The number of sulfonamides is 1. The second kappa shape index (κ2) is 9.12. The zero-order chi connectivity index (χ0) is 23.7. The Balaban J connectivity index is 1.65. The molecule has 1 aromatic rings. The number of nitrogens with zero attached hydrogens (tertiary/aromatic N) is 2. The van der Waals surface area contributed by atoms with Gasteiger partial charge in [-0.05, 0) is 37.5 Å². The van der Waals surface area contributed by atoms with E-state index in [4.69, 9.17) is 9.84 Å². The number of carbonyl (C=O) groups excluding carboxylic acids is 1. The highest BCUT2D eigenvalue weighted by Crippen LogP contribution is 2.33. The maximum atomic E-state index is 13.9. The molecule has 32 heavy (non-hydrogen) atoms. The second-order valence-electron chi connectivity index (χ2n) is 7.86. The molecule has 1 spiro atoms. The van der Waals surface area contributed by atoms with Gasteiger partial charge in [0.15, 0.2) is 0 Å². The van der Waals surface area contributed by atoms with Gasteiger partial charge in [-0.15, -0.1) is 0 Å². The van der Waals surface area contributed by atoms with Crippen LogP contribution in [0.15, 0.2) is 23.1 Å². The third-order valence-corrected chi connectivity index (χ3v) is 7.54. The summed E-state index contributed by atoms with van der Waals surface area (Å²) in [6.45, 7) is 0.224. The van der Waals surface area contributed by atoms with Gasteiger partial charge >= 0.3 is 12.3 Å². The lowest BCUT2D eigenvalue weighted by Crippen LogP contribution is -2.58. The number of hydrogen-bond donors (Lipinski definition) is 1. The van der Waals surface area contributed by atoms with Crippen LogP contribution in [0.4, 0.5) is 22.4 Å². The van der Waals surface area contributed by atoms with E-state index >= 15 is 0 Å². The molecule has 2 heterocycles. The highest BCUT2D eigenvalue weighted by Gasteiger charge is 2.46. The quantitative estimate of drug-likeness (QED) is 0.658. The summed E-state index contributed by atoms with van der Waals surface area (Å²) in [6.07, 6.45) is -8.38. The lowest BCUT2D eigenvalue weighted by atomic mass is 9.90. The molecule has 2 aliphatic rings. The monoisotopic (exact) mass is 484 g/mol. The van der Waals surface area contributed by atoms with Gasteiger partial charge in [-0.2, -0.15) is 17.5 Å². The number of morpholine rings is 1. The molecule has 13 heteroatoms. The van der Waals surface area contributed by atoms with Gasteiger partial charge in [0.2, 0.25) is 16.1 Å². The highest BCUT2D eigenvalue weighted by atomic mass is 32.2. The van der Waals surface area contributed by atoms with Crippen molar-refractivity contribution in [1.29, 1.82) is 0 Å². The van der Waals surface area contributed by atoms with E-state index in [0.29, 0.717) is 5.56 Å². The van der Waals surface area contributed by atoms with E-state index in [0.717, 1.165) is 11.0 Å². The molecular formula is C19H24F4N2O6S. The number of aryl methyl sites for hydroxylation is 1. The number of halogens is 4. The molecule has 180 valence electrons. The third-order valence-electron chi connectivity index (χ3n) is 5.70. The SMILES string of the molecule is Cc1ccc(S(=O)(=O)N2CCOC3(CCN(C(=O)OC(CO)C(F)(F)F)CC3)C2)cc1F. The summed E-state index contributed by atoms with van der Waals surface area (Å²) < 4.78 is 89.4. The molecule has 1 amide bonds. The van der Waals surface area contributed by atoms with Crippen molar-refractivity contribution in [3.8, 4) is 0 Å². The summed E-state index contributed by atoms with van der Waals surface area (Å²) >= 11 is 0. The average Bonchev–Trinajstić information content (AvgIpc) is 2.73. The summed E-state index contributed by atoms with van der Waals surface area (Å²) in [7, 11) is -3.99. The first kappa shape index (κ1) is 24.7. The van der Waals surface area contributed by atoms with E-state index in [9.17, 15) is 30.8 Å². The van der Waals surface area contributed by atoms with Gasteiger partial charge in [-0.3, -0.25) is 0 Å². The summed E-state index contributed by atoms with van der Waals surface area (Å²) in [5.74, 6) is -0.638. The molecule has 1 N–H and O–H groups in total. The molecule has 2 fully saturated rings. The van der Waals surface area contributed by atoms with Gasteiger partial charge in [0.1, 0.15) is 5.82 Å². The lowest BCUT2D eigenvalue weighted by Gasteiger charge is -2.46. The van der Waals surface area contributed by atoms with Crippen molar-refractivity contribution in [2.45, 2.75) is 42.5 Å². The van der Waals surface area contributed by atoms with E-state index in [1.807, 2.05) is 0 Å². The Kier molecular flexibility index (Phi) is 7.03. The van der Waals surface area contributed by atoms with E-state index < -0.39 is 46.4 Å². The number of rotatable bonds is 4. The van der Waals surface area contributed by atoms with Crippen LogP contribution in [0.5, 0.6) is 0 Å². The zero-order valence-corrected chi connectivity index (χ0v) is 18.1. The maximum absolute atomic E-state index is 13.9. The minimum Gasteiger partial charge on any atom is -0.434 e. The molecule has 0 radical (unpaired) electrons. The zero-order valence-electron chi connectivity index (χ0n) is 17.3. The molecule has 0 aromatic heterocycles. The number of aliphatic hydroxyl groups is 1. The molecule has 2 saturated heterocycles. The van der Waals surface area contributed by atoms with Gasteiger partial charge in [0.25, 0.3) is 0 Å². The average molecular weight is 484 g/mol. The van der Waals surface area contributed by atoms with E-state index in [-0.39, 0.29) is 50.5 Å². The molecule has 0 bridgehead atoms. The Labute approximate surface area is 182 Å². The Morgan fingerprint density at radius 3 is 2.50 bits per heavy atom. The topological polar surface area (TPSA) is 96.4 Å². The van der Waals surface area contributed by atoms with Crippen LogP contribution in [-0.2, 0) is 19.5 Å². The predicted molar refractivity (Wildman–Crippen MR) is 103 cm³/mol. The summed E-state index contributed by atoms with van der Waals surface area (Å²) in [5, 5.41) is 8.82. The van der Waals surface area contributed by atoms with Gasteiger partial charge in [0.05, 0.1) is 23.7 Å². The second-order valence-corrected chi connectivity index (χ2v) is 9.80. The highest BCUT2D eigenvalue weighted by molar-refractivity contribution is 7.89. The Hall–Kier alpha value is -1.96. The third kappa shape index (κ3) is 5.16. The van der Waals surface area contributed by atoms with Crippen LogP contribution in [0, 0.1) is 12.7 Å². The number of carbonyl (C=O) groups is 1. The lowest BCUT2D eigenvalue weighted by molar-refractivity contribution is -0.215. The number of likely N-dealkylation sites (tertiary alicyclic amines) is 1. The minimum absolute atomic E-state index is 0.0120. The van der Waals surface area contributed by atoms with Crippen molar-refractivity contribution in [3.05, 3.63) is 29.6 Å². The molecule has 0 aliphatic carbocycles. The van der Waals surface area contributed by atoms with Gasteiger partial charge in [-0.25, -0.2) is 17.6 Å². The predicted octanol–water partition coefficient (Wildman–Crippen LogP) is 2.05. The van der Waals surface area contributed by atoms with Crippen LogP contribution >= 0.6 is 0 Å². The minimum atomic E-state index is -4.89. The smallest absolute Gasteiger partial charge is 0.427 e. The van der Waals surface area contributed by atoms with Crippen LogP contribution in [0.3, 0.4) is 0 Å². The standard InChI is InChI=1S/C19H24F4N2O6S/c1-13-2-3-14(10-15(13)20)32(28,29)25-8-9-30-18(12-25)4-6-24(7-5-18)17(27)31-16(11-26)19(21,22)23/h2-3,10,16,26H,4-9,11-12H2,1H3. The van der Waals surface area contributed by atoms with Crippen molar-refractivity contribution < 1.29 is 45.4 Å². The molecular weight excluding hydrogens is 460 g/mol. The van der Waals surface area contributed by atoms with Crippen LogP contribution in [0.2, 0.25) is 0 Å². The van der Waals surface area contributed by atoms with Crippen molar-refractivity contribution >= 4 is 16.1 Å². The number of aliphatic hydroxyl groups excluding tert-OH is 1. The van der Waals surface area contributed by atoms with Crippen LogP contribution in [0.25, 0.3) is 0 Å². The van der Waals surface area contributed by atoms with Crippen molar-refractivity contribution in [3.63, 3.8) is 0 Å². The molecule has 0 saturated carbocycles. The number of benzene rings is 1. The fraction of sp³-hybridized carbons (Fsp3) is 0.632. The van der Waals surface area contributed by atoms with Crippen LogP contribution < -0.4 is 0 Å². The summed E-state index contributed by atoms with van der Waals surface area (Å²) in [4.78, 5) is 12.9. The van der Waals surface area contributed by atoms with Crippen LogP contribution in [0.1, 0.15) is 18.4 Å². The fourth-order valence-corrected chi connectivity index (χ4v) is 5.21. The number of ether oxygens (including phenoxy) is 2. The number of amides is 1. The van der Waals surface area contributed by atoms with Gasteiger partial charge in [0, 0.05) is 26.2 Å². The molecule has 2 aliphatic heterocycles. The molecule has 1 unspecified atom stereocenters. The first-order valence-electron chi connectivity index (χ1n) is 9.91. The first-order valence-corrected chi connectivity index (χ1v) is 11.4. The van der Waals surface area contributed by atoms with Crippen molar-refractivity contribution in [2.24, 2.45) is 0 Å². The van der Waals surface area contributed by atoms with Crippen molar-refractivity contribution in [1.82, 2.24) is 9.21 Å². The van der Waals surface area contributed by atoms with Crippen LogP contribution in [-0.4, -0.2) is 86.1 Å². The molecule has 1 aromatic carbocycles. The summed E-state index contributed by atoms with van der Waals surface area (Å²) in [5.41, 5.74) is -0.609. The van der Waals surface area contributed by atoms with Gasteiger partial charge < -0.3 is 19.5 Å². The largest absolute Gasteiger partial charge is 0.434 e. The molecule has 3 rings (SSSR count). The Morgan fingerprint density at radius 1 is 1.28 bits per heavy atom. The summed E-state index contributed by atoms with van der Waals surface area (Å²) in [6, 6.07) is 3.67. The maximum Gasteiger partial charge on any atom is 0.427 e. The molecule has 8 nitrogen and oxygen atoms in total. The number of hydrogen-bond acceptors (Lipinski definition) is 6.